The maximum atomic E-state index is 14.0. The lowest BCUT2D eigenvalue weighted by atomic mass is 9.95. The highest BCUT2D eigenvalue weighted by Crippen LogP contribution is 2.41. The first kappa shape index (κ1) is 35.8. The third kappa shape index (κ3) is 7.14. The summed E-state index contributed by atoms with van der Waals surface area (Å²) in [5.41, 5.74) is 3.57. The number of aromatic nitrogens is 1. The monoisotopic (exact) mass is 711 g/mol. The van der Waals surface area contributed by atoms with E-state index in [0.717, 1.165) is 56.3 Å². The van der Waals surface area contributed by atoms with Crippen LogP contribution in [0.3, 0.4) is 0 Å². The van der Waals surface area contributed by atoms with Gasteiger partial charge in [-0.1, -0.05) is 79.9 Å². The van der Waals surface area contributed by atoms with Crippen LogP contribution in [0, 0.1) is 13.8 Å². The number of ether oxygens (including phenoxy) is 1. The van der Waals surface area contributed by atoms with Crippen molar-refractivity contribution in [3.8, 4) is 16.9 Å². The molecule has 4 aromatic rings. The van der Waals surface area contributed by atoms with E-state index in [1.165, 1.54) is 13.2 Å². The molecule has 2 heterocycles. The zero-order valence-corrected chi connectivity index (χ0v) is 30.7. The molecule has 51 heavy (non-hydrogen) atoms. The Bertz CT molecular complexity index is 2080. The molecule has 0 radical (unpaired) electrons. The number of sulfonamides is 1. The Balaban J connectivity index is 1.40. The van der Waals surface area contributed by atoms with Crippen LogP contribution in [0.5, 0.6) is 5.75 Å². The largest absolute Gasteiger partial charge is 0.496 e. The first-order valence-electron chi connectivity index (χ1n) is 17.4. The Morgan fingerprint density at radius 3 is 2.47 bits per heavy atom. The molecule has 1 spiro atoms. The molecule has 1 N–H and O–H groups in total. The lowest BCUT2D eigenvalue weighted by molar-refractivity contribution is -0.131. The lowest BCUT2D eigenvalue weighted by Crippen LogP contribution is -2.40. The summed E-state index contributed by atoms with van der Waals surface area (Å²) >= 11 is 0. The first-order chi connectivity index (χ1) is 24.5. The van der Waals surface area contributed by atoms with Crippen LogP contribution in [0.25, 0.3) is 11.1 Å². The number of rotatable bonds is 13. The van der Waals surface area contributed by atoms with Crippen molar-refractivity contribution in [3.05, 3.63) is 94.7 Å². The minimum Gasteiger partial charge on any atom is -0.496 e. The van der Waals surface area contributed by atoms with Gasteiger partial charge in [-0.3, -0.25) is 19.5 Å². The van der Waals surface area contributed by atoms with Gasteiger partial charge in [0.2, 0.25) is 5.88 Å². The highest BCUT2D eigenvalue weighted by atomic mass is 32.2. The number of unbranched alkanes of at least 4 members (excludes halogenated alkanes) is 1. The molecule has 1 aromatic heterocycles. The molecular formula is C39H45N5O6S. The second-order valence-electron chi connectivity index (χ2n) is 13.4. The van der Waals surface area contributed by atoms with Crippen molar-refractivity contribution in [2.75, 3.05) is 18.9 Å². The Morgan fingerprint density at radius 2 is 1.76 bits per heavy atom. The van der Waals surface area contributed by atoms with Gasteiger partial charge in [0.05, 0.1) is 29.8 Å². The van der Waals surface area contributed by atoms with Crippen LogP contribution in [-0.4, -0.2) is 60.7 Å². The van der Waals surface area contributed by atoms with Crippen LogP contribution in [0.4, 0.5) is 5.88 Å². The van der Waals surface area contributed by atoms with E-state index in [0.29, 0.717) is 45.8 Å². The molecule has 0 bridgehead atoms. The highest BCUT2D eigenvalue weighted by molar-refractivity contribution is 7.92. The number of hydrogen-bond donors (Lipinski definition) is 1. The minimum absolute atomic E-state index is 0.0399. The summed E-state index contributed by atoms with van der Waals surface area (Å²) in [6.07, 6.45) is 6.17. The Kier molecular flexibility index (Phi) is 10.3. The molecule has 1 aliphatic carbocycles. The SMILES string of the molecule is CCCCC1=NC2(CCCC2)C(=O)N1Cc1ccc(-c2ccccc2S(=O)(=O)Nc2onc(C)c2C)c(CN(C)C(=O)c2ccccc2OC)c1. The fourth-order valence-corrected chi connectivity index (χ4v) is 8.25. The summed E-state index contributed by atoms with van der Waals surface area (Å²) in [5.74, 6) is 1.14. The summed E-state index contributed by atoms with van der Waals surface area (Å²) in [5, 5.41) is 3.89. The van der Waals surface area contributed by atoms with Crippen molar-refractivity contribution >= 4 is 33.6 Å². The minimum atomic E-state index is -4.13. The van der Waals surface area contributed by atoms with E-state index in [-0.39, 0.29) is 29.1 Å². The lowest BCUT2D eigenvalue weighted by Gasteiger charge is -2.25. The molecule has 1 saturated carbocycles. The van der Waals surface area contributed by atoms with Gasteiger partial charge in [-0.2, -0.15) is 0 Å². The van der Waals surface area contributed by atoms with Gasteiger partial charge in [-0.25, -0.2) is 13.1 Å². The Hall–Kier alpha value is -4.97. The smallest absolute Gasteiger partial charge is 0.264 e. The number of methoxy groups -OCH3 is 1. The Labute approximate surface area is 299 Å². The van der Waals surface area contributed by atoms with E-state index in [1.807, 2.05) is 23.1 Å². The molecule has 0 unspecified atom stereocenters. The van der Waals surface area contributed by atoms with Gasteiger partial charge in [-0.05, 0) is 68.0 Å². The molecule has 3 aromatic carbocycles. The summed E-state index contributed by atoms with van der Waals surface area (Å²) in [7, 11) is -0.905. The second-order valence-corrected chi connectivity index (χ2v) is 15.1. The van der Waals surface area contributed by atoms with Crippen LogP contribution in [0.15, 0.2) is 81.1 Å². The quantitative estimate of drug-likeness (QED) is 0.154. The number of amidine groups is 1. The molecule has 6 rings (SSSR count). The topological polar surface area (TPSA) is 134 Å². The third-order valence-corrected chi connectivity index (χ3v) is 11.3. The standard InChI is InChI=1S/C39H45N5O6S/c1-6-7-18-35-40-39(21-12-13-22-39)38(46)44(35)24-28-19-20-30(29(23-28)25-43(4)37(45)32-15-8-10-16-33(32)49-5)31-14-9-11-17-34(31)51(47,48)42-36-26(2)27(3)41-50-36/h8-11,14-17,19-20,23,42H,6-7,12-13,18,21-22,24-25H2,1-5H3. The summed E-state index contributed by atoms with van der Waals surface area (Å²) in [4.78, 5) is 36.3. The van der Waals surface area contributed by atoms with E-state index < -0.39 is 15.6 Å². The molecular weight excluding hydrogens is 667 g/mol. The Morgan fingerprint density at radius 1 is 1.04 bits per heavy atom. The zero-order valence-electron chi connectivity index (χ0n) is 29.9. The predicted molar refractivity (Wildman–Crippen MR) is 196 cm³/mol. The van der Waals surface area contributed by atoms with Crippen LogP contribution >= 0.6 is 0 Å². The van der Waals surface area contributed by atoms with Gasteiger partial charge >= 0.3 is 0 Å². The van der Waals surface area contributed by atoms with Crippen LogP contribution < -0.4 is 9.46 Å². The van der Waals surface area contributed by atoms with Crippen molar-refractivity contribution in [2.45, 2.75) is 89.2 Å². The maximum Gasteiger partial charge on any atom is 0.264 e. The second kappa shape index (κ2) is 14.7. The van der Waals surface area contributed by atoms with Gasteiger partial charge in [0.1, 0.15) is 17.1 Å². The number of carbonyl (C=O) groups excluding carboxylic acids is 2. The number of benzene rings is 3. The van der Waals surface area contributed by atoms with Crippen molar-refractivity contribution in [3.63, 3.8) is 0 Å². The average molecular weight is 712 g/mol. The van der Waals surface area contributed by atoms with E-state index in [1.54, 1.807) is 68.3 Å². The zero-order chi connectivity index (χ0) is 36.3. The average Bonchev–Trinajstić information content (AvgIpc) is 3.81. The normalized spacial score (nSPS) is 15.4. The molecule has 0 atom stereocenters. The molecule has 11 nitrogen and oxygen atoms in total. The molecule has 0 saturated heterocycles. The highest BCUT2D eigenvalue weighted by Gasteiger charge is 2.49. The van der Waals surface area contributed by atoms with E-state index in [2.05, 4.69) is 16.8 Å². The molecule has 1 aliphatic heterocycles. The van der Waals surface area contributed by atoms with Crippen LogP contribution in [-0.2, 0) is 27.9 Å². The van der Waals surface area contributed by atoms with Gasteiger partial charge in [0.15, 0.2) is 0 Å². The number of nitrogens with one attached hydrogen (secondary N) is 1. The molecule has 2 amide bonds. The molecule has 12 heteroatoms. The van der Waals surface area contributed by atoms with Gasteiger partial charge in [0.25, 0.3) is 21.8 Å². The van der Waals surface area contributed by atoms with Gasteiger partial charge < -0.3 is 14.2 Å². The summed E-state index contributed by atoms with van der Waals surface area (Å²) in [6.45, 7) is 6.08. The van der Waals surface area contributed by atoms with E-state index in [9.17, 15) is 18.0 Å². The van der Waals surface area contributed by atoms with Gasteiger partial charge in [-0.15, -0.1) is 0 Å². The number of anilines is 1. The van der Waals surface area contributed by atoms with Crippen molar-refractivity contribution < 1.29 is 27.3 Å². The van der Waals surface area contributed by atoms with Crippen LogP contribution in [0.1, 0.15) is 84.6 Å². The third-order valence-electron chi connectivity index (χ3n) is 9.94. The van der Waals surface area contributed by atoms with Crippen molar-refractivity contribution in [1.82, 2.24) is 15.0 Å². The van der Waals surface area contributed by atoms with E-state index >= 15 is 0 Å². The maximum absolute atomic E-state index is 14.0. The number of aryl methyl sites for hydroxylation is 1. The van der Waals surface area contributed by atoms with Crippen LogP contribution in [0.2, 0.25) is 0 Å². The molecule has 1 fully saturated rings. The molecule has 2 aliphatic rings. The summed E-state index contributed by atoms with van der Waals surface area (Å²) < 4.78 is 41.1. The molecule has 268 valence electrons. The number of amides is 2. The van der Waals surface area contributed by atoms with Crippen molar-refractivity contribution in [2.24, 2.45) is 4.99 Å². The summed E-state index contributed by atoms with van der Waals surface area (Å²) in [6, 6.07) is 19.5. The first-order valence-corrected chi connectivity index (χ1v) is 18.9. The predicted octanol–water partition coefficient (Wildman–Crippen LogP) is 7.28. The van der Waals surface area contributed by atoms with Crippen molar-refractivity contribution in [1.29, 1.82) is 0 Å². The number of hydrogen-bond acceptors (Lipinski definition) is 8. The van der Waals surface area contributed by atoms with E-state index in [4.69, 9.17) is 14.3 Å². The number of para-hydroxylation sites is 1. The fraction of sp³-hybridized carbons (Fsp3) is 0.385. The number of aliphatic imine (C=N–C) groups is 1. The van der Waals surface area contributed by atoms with Gasteiger partial charge in [0, 0.05) is 31.1 Å². The number of carbonyl (C=O) groups is 2. The fourth-order valence-electron chi connectivity index (χ4n) is 6.98. The number of nitrogens with zero attached hydrogens (tertiary/aromatic N) is 4.